The summed E-state index contributed by atoms with van der Waals surface area (Å²) in [6.07, 6.45) is 3.97. The maximum absolute atomic E-state index is 10.7. The Morgan fingerprint density at radius 2 is 1.92 bits per heavy atom. The first-order chi connectivity index (χ1) is 5.66. The molecule has 0 radical (unpaired) electrons. The van der Waals surface area contributed by atoms with E-state index < -0.39 is 11.8 Å². The van der Waals surface area contributed by atoms with Gasteiger partial charge in [-0.2, -0.15) is 0 Å². The second kappa shape index (κ2) is 3.73. The highest BCUT2D eigenvalue weighted by Gasteiger charge is 2.31. The highest BCUT2D eigenvalue weighted by atomic mass is 16.6. The van der Waals surface area contributed by atoms with Crippen LogP contribution in [0.25, 0.3) is 0 Å². The van der Waals surface area contributed by atoms with Gasteiger partial charge in [0.1, 0.15) is 0 Å². The number of hydrazine groups is 1. The van der Waals surface area contributed by atoms with Gasteiger partial charge in [-0.15, -0.1) is 0 Å². The molecule has 0 aromatic rings. The minimum Gasteiger partial charge on any atom is -0.427 e. The summed E-state index contributed by atoms with van der Waals surface area (Å²) in [6, 6.07) is 0. The molecule has 0 bridgehead atoms. The van der Waals surface area contributed by atoms with E-state index in [2.05, 4.69) is 0 Å². The molecule has 0 unspecified atom stereocenters. The lowest BCUT2D eigenvalue weighted by molar-refractivity contribution is -0.0117. The Morgan fingerprint density at radius 3 is 2.42 bits per heavy atom. The van der Waals surface area contributed by atoms with Crippen molar-refractivity contribution < 1.29 is 9.53 Å². The molecule has 1 aliphatic carbocycles. The van der Waals surface area contributed by atoms with Crippen LogP contribution in [0.5, 0.6) is 0 Å². The largest absolute Gasteiger partial charge is 0.427 e. The molecule has 5 nitrogen and oxygen atoms in total. The second-order valence-electron chi connectivity index (χ2n) is 3.16. The van der Waals surface area contributed by atoms with Gasteiger partial charge in [0.05, 0.1) is 0 Å². The van der Waals surface area contributed by atoms with E-state index in [9.17, 15) is 4.79 Å². The highest BCUT2D eigenvalue weighted by Crippen LogP contribution is 2.26. The van der Waals surface area contributed by atoms with Crippen LogP contribution in [0.2, 0.25) is 0 Å². The number of rotatable bonds is 1. The van der Waals surface area contributed by atoms with Crippen LogP contribution in [-0.4, -0.2) is 11.8 Å². The zero-order valence-electron chi connectivity index (χ0n) is 7.01. The molecule has 5 N–H and O–H groups in total. The Balaban J connectivity index is 2.41. The zero-order valence-corrected chi connectivity index (χ0v) is 7.01. The lowest BCUT2D eigenvalue weighted by atomic mass is 9.92. The molecule has 0 aliphatic heterocycles. The van der Waals surface area contributed by atoms with E-state index in [4.69, 9.17) is 16.3 Å². The van der Waals surface area contributed by atoms with Crippen LogP contribution in [0.1, 0.15) is 32.1 Å². The summed E-state index contributed by atoms with van der Waals surface area (Å²) < 4.78 is 4.93. The Kier molecular flexibility index (Phi) is 2.88. The first-order valence-corrected chi connectivity index (χ1v) is 4.15. The van der Waals surface area contributed by atoms with Crippen LogP contribution < -0.4 is 17.0 Å². The van der Waals surface area contributed by atoms with Crippen molar-refractivity contribution in [2.24, 2.45) is 11.6 Å². The minimum absolute atomic E-state index is 0.653. The maximum atomic E-state index is 10.7. The first kappa shape index (κ1) is 9.28. The molecule has 1 aliphatic rings. The van der Waals surface area contributed by atoms with Crippen molar-refractivity contribution in [1.82, 2.24) is 5.43 Å². The van der Waals surface area contributed by atoms with Gasteiger partial charge in [-0.1, -0.05) is 6.42 Å². The minimum atomic E-state index is -0.790. The van der Waals surface area contributed by atoms with Gasteiger partial charge in [0, 0.05) is 12.8 Å². The second-order valence-corrected chi connectivity index (χ2v) is 3.16. The average Bonchev–Trinajstić information content (AvgIpc) is 2.05. The van der Waals surface area contributed by atoms with Crippen molar-refractivity contribution in [3.63, 3.8) is 0 Å². The maximum Gasteiger partial charge on any atom is 0.423 e. The van der Waals surface area contributed by atoms with Gasteiger partial charge >= 0.3 is 6.09 Å². The van der Waals surface area contributed by atoms with Gasteiger partial charge in [0.15, 0.2) is 5.72 Å². The molecule has 1 fully saturated rings. The number of amides is 1. The van der Waals surface area contributed by atoms with Crippen LogP contribution >= 0.6 is 0 Å². The fourth-order valence-corrected chi connectivity index (χ4v) is 1.47. The van der Waals surface area contributed by atoms with Gasteiger partial charge < -0.3 is 4.74 Å². The van der Waals surface area contributed by atoms with Gasteiger partial charge in [-0.25, -0.2) is 10.6 Å². The molecule has 1 amide bonds. The smallest absolute Gasteiger partial charge is 0.423 e. The Bertz CT molecular complexity index is 166. The molecule has 12 heavy (non-hydrogen) atoms. The van der Waals surface area contributed by atoms with Gasteiger partial charge in [-0.3, -0.25) is 11.2 Å². The van der Waals surface area contributed by atoms with Gasteiger partial charge in [0.2, 0.25) is 0 Å². The van der Waals surface area contributed by atoms with Crippen LogP contribution in [0.15, 0.2) is 0 Å². The van der Waals surface area contributed by atoms with E-state index in [1.54, 1.807) is 0 Å². The summed E-state index contributed by atoms with van der Waals surface area (Å²) in [7, 11) is 0. The molecular weight excluding hydrogens is 158 g/mol. The van der Waals surface area contributed by atoms with E-state index >= 15 is 0 Å². The van der Waals surface area contributed by atoms with Crippen LogP contribution in [0, 0.1) is 0 Å². The quantitative estimate of drug-likeness (QED) is 0.229. The monoisotopic (exact) mass is 173 g/mol. The lowest BCUT2D eigenvalue weighted by Crippen LogP contribution is -2.49. The molecule has 1 saturated carbocycles. The Morgan fingerprint density at radius 1 is 1.33 bits per heavy atom. The number of hydrogen-bond acceptors (Lipinski definition) is 4. The average molecular weight is 173 g/mol. The molecule has 0 aromatic carbocycles. The molecule has 0 aromatic heterocycles. The number of carbonyl (C=O) groups is 1. The summed E-state index contributed by atoms with van der Waals surface area (Å²) in [4.78, 5) is 10.7. The molecular formula is C7H15N3O2. The number of carbonyl (C=O) groups excluding carboxylic acids is 1. The predicted molar refractivity (Wildman–Crippen MR) is 43.8 cm³/mol. The van der Waals surface area contributed by atoms with Crippen LogP contribution in [0.3, 0.4) is 0 Å². The Hall–Kier alpha value is -0.810. The summed E-state index contributed by atoms with van der Waals surface area (Å²) in [5, 5.41) is 0. The number of nitrogens with two attached hydrogens (primary N) is 2. The molecule has 0 spiro atoms. The third-order valence-corrected chi connectivity index (χ3v) is 2.11. The number of nitrogens with one attached hydrogen (secondary N) is 1. The molecule has 70 valence electrons. The topological polar surface area (TPSA) is 90.4 Å². The number of ether oxygens (including phenoxy) is 1. The van der Waals surface area contributed by atoms with E-state index in [1.807, 2.05) is 5.43 Å². The molecule has 1 rings (SSSR count). The van der Waals surface area contributed by atoms with Gasteiger partial charge in [-0.05, 0) is 12.8 Å². The summed E-state index contributed by atoms with van der Waals surface area (Å²) in [5.74, 6) is 4.87. The van der Waals surface area contributed by atoms with Crippen molar-refractivity contribution in [2.45, 2.75) is 37.8 Å². The third-order valence-electron chi connectivity index (χ3n) is 2.11. The standard InChI is InChI=1S/C7H15N3O2/c8-7(12-6(11)10-9)4-2-1-3-5-7/h1-5,8-9H2,(H,10,11). The SMILES string of the molecule is NNC(=O)OC1(N)CCCCC1. The van der Waals surface area contributed by atoms with Crippen molar-refractivity contribution in [3.8, 4) is 0 Å². The molecule has 0 atom stereocenters. The normalized spacial score (nSPS) is 21.5. The summed E-state index contributed by atoms with van der Waals surface area (Å²) in [5.41, 5.74) is 6.90. The highest BCUT2D eigenvalue weighted by molar-refractivity contribution is 5.66. The van der Waals surface area contributed by atoms with Crippen molar-refractivity contribution in [2.75, 3.05) is 0 Å². The number of hydrogen-bond donors (Lipinski definition) is 3. The predicted octanol–water partition coefficient (Wildman–Crippen LogP) is 0.205. The zero-order chi connectivity index (χ0) is 9.03. The van der Waals surface area contributed by atoms with Crippen LogP contribution in [-0.2, 0) is 4.74 Å². The van der Waals surface area contributed by atoms with Gasteiger partial charge in [0.25, 0.3) is 0 Å². The Labute approximate surface area is 71.4 Å². The lowest BCUT2D eigenvalue weighted by Gasteiger charge is -2.32. The fourth-order valence-electron chi connectivity index (χ4n) is 1.47. The van der Waals surface area contributed by atoms with Crippen molar-refractivity contribution in [3.05, 3.63) is 0 Å². The molecule has 0 saturated heterocycles. The fraction of sp³-hybridized carbons (Fsp3) is 0.857. The van der Waals surface area contributed by atoms with E-state index in [-0.39, 0.29) is 0 Å². The van der Waals surface area contributed by atoms with Crippen molar-refractivity contribution >= 4 is 6.09 Å². The third kappa shape index (κ3) is 2.35. The van der Waals surface area contributed by atoms with E-state index in [1.165, 1.54) is 0 Å². The molecule has 0 heterocycles. The van der Waals surface area contributed by atoms with E-state index in [0.29, 0.717) is 0 Å². The van der Waals surface area contributed by atoms with Crippen LogP contribution in [0.4, 0.5) is 4.79 Å². The summed E-state index contributed by atoms with van der Waals surface area (Å²) in [6.45, 7) is 0. The molecule has 5 heteroatoms. The summed E-state index contributed by atoms with van der Waals surface area (Å²) >= 11 is 0. The van der Waals surface area contributed by atoms with Crippen molar-refractivity contribution in [1.29, 1.82) is 0 Å². The van der Waals surface area contributed by atoms with E-state index in [0.717, 1.165) is 32.1 Å². The first-order valence-electron chi connectivity index (χ1n) is 4.15.